The molecule has 9 nitrogen and oxygen atoms in total. The van der Waals surface area contributed by atoms with Crippen molar-refractivity contribution in [3.05, 3.63) is 0 Å². The van der Waals surface area contributed by atoms with Gasteiger partial charge in [0.15, 0.2) is 0 Å². The molecule has 0 saturated carbocycles. The van der Waals surface area contributed by atoms with E-state index in [-0.39, 0.29) is 24.7 Å². The van der Waals surface area contributed by atoms with Gasteiger partial charge < -0.3 is 29.9 Å². The van der Waals surface area contributed by atoms with Gasteiger partial charge in [0.25, 0.3) is 0 Å². The van der Waals surface area contributed by atoms with Crippen LogP contribution < -0.4 is 0 Å². The molecule has 0 aromatic rings. The number of aliphatic carboxylic acids is 2. The minimum Gasteiger partial charge on any atom is -0.480 e. The summed E-state index contributed by atoms with van der Waals surface area (Å²) in [6.07, 6.45) is 0. The van der Waals surface area contributed by atoms with E-state index in [1.807, 2.05) is 0 Å². The van der Waals surface area contributed by atoms with E-state index in [4.69, 9.17) is 10.2 Å². The van der Waals surface area contributed by atoms with Crippen LogP contribution in [0, 0.1) is 0 Å². The second-order valence-corrected chi connectivity index (χ2v) is 2.99. The summed E-state index contributed by atoms with van der Waals surface area (Å²) < 4.78 is 13.4. The Balaban J connectivity index is -0.000000101. The molecule has 21 heavy (non-hydrogen) atoms. The minimum atomic E-state index is -0.915. The highest BCUT2D eigenvalue weighted by Crippen LogP contribution is 1.70. The van der Waals surface area contributed by atoms with E-state index in [0.29, 0.717) is 19.8 Å². The molecule has 0 atom stereocenters. The lowest BCUT2D eigenvalue weighted by Gasteiger charge is -1.90. The van der Waals surface area contributed by atoms with Gasteiger partial charge in [0.2, 0.25) is 0 Å². The van der Waals surface area contributed by atoms with Crippen LogP contribution in [0.1, 0.15) is 27.7 Å². The zero-order chi connectivity index (χ0) is 16.4. The van der Waals surface area contributed by atoms with Gasteiger partial charge in [-0.1, -0.05) is 0 Å². The third-order valence-electron chi connectivity index (χ3n) is 1.21. The zero-order valence-corrected chi connectivity index (χ0v) is 12.9. The quantitative estimate of drug-likeness (QED) is 0.621. The Bertz CT molecular complexity index is 235. The molecular weight excluding hydrogens is 288 g/mol. The van der Waals surface area contributed by atoms with Gasteiger partial charge in [-0.25, -0.2) is 9.59 Å². The average Bonchev–Trinajstić information content (AvgIpc) is 2.35. The Morgan fingerprint density at radius 2 is 1.14 bits per heavy atom. The number of carboxylic acids is 2. The highest BCUT2D eigenvalue weighted by atomic mass is 16.5. The minimum absolute atomic E-state index is 0. The summed E-state index contributed by atoms with van der Waals surface area (Å²) in [5, 5.41) is 15.8. The number of hydrogen-bond acceptors (Lipinski definition) is 6. The summed E-state index contributed by atoms with van der Waals surface area (Å²) in [6.45, 7) is 7.72. The molecule has 0 saturated heterocycles. The molecule has 0 radical (unpaired) electrons. The summed E-state index contributed by atoms with van der Waals surface area (Å²) in [4.78, 5) is 29.1. The third kappa shape index (κ3) is 56.2. The average molecular weight is 314 g/mol. The van der Waals surface area contributed by atoms with E-state index in [1.165, 1.54) is 6.92 Å². The van der Waals surface area contributed by atoms with Crippen LogP contribution in [0.25, 0.3) is 0 Å². The first-order valence-corrected chi connectivity index (χ1v) is 6.04. The number of carbonyl (C=O) groups excluding carboxylic acids is 1. The van der Waals surface area contributed by atoms with Crippen LogP contribution in [-0.2, 0) is 28.6 Å². The van der Waals surface area contributed by atoms with Crippen LogP contribution in [0.5, 0.6) is 0 Å². The molecule has 9 heteroatoms. The van der Waals surface area contributed by atoms with Crippen LogP contribution >= 0.6 is 0 Å². The van der Waals surface area contributed by atoms with E-state index in [2.05, 4.69) is 14.2 Å². The molecule has 4 N–H and O–H groups in total. The summed E-state index contributed by atoms with van der Waals surface area (Å²) in [5.41, 5.74) is 0. The lowest BCUT2D eigenvalue weighted by atomic mass is 10.7. The van der Waals surface area contributed by atoms with Crippen molar-refractivity contribution in [2.75, 3.05) is 33.0 Å². The van der Waals surface area contributed by atoms with E-state index < -0.39 is 11.9 Å². The maximum atomic E-state index is 9.82. The maximum Gasteiger partial charge on any atom is 0.329 e. The molecule has 128 valence electrons. The molecule has 0 spiro atoms. The van der Waals surface area contributed by atoms with E-state index in [0.717, 1.165) is 0 Å². The fourth-order valence-electron chi connectivity index (χ4n) is 0.582. The predicted molar refractivity (Wildman–Crippen MR) is 74.2 cm³/mol. The van der Waals surface area contributed by atoms with Crippen LogP contribution in [0.15, 0.2) is 0 Å². The molecular formula is C12H26O9. The topological polar surface area (TPSA) is 151 Å². The van der Waals surface area contributed by atoms with Crippen LogP contribution in [0.2, 0.25) is 0 Å². The first kappa shape index (κ1) is 27.6. The third-order valence-corrected chi connectivity index (χ3v) is 1.21. The highest BCUT2D eigenvalue weighted by molar-refractivity contribution is 5.68. The zero-order valence-electron chi connectivity index (χ0n) is 12.9. The largest absolute Gasteiger partial charge is 0.480 e. The molecule has 0 bridgehead atoms. The molecule has 0 aliphatic heterocycles. The lowest BCUT2D eigenvalue weighted by Crippen LogP contribution is -2.05. The molecule has 0 aliphatic rings. The van der Waals surface area contributed by atoms with Crippen molar-refractivity contribution in [2.24, 2.45) is 0 Å². The van der Waals surface area contributed by atoms with Gasteiger partial charge in [-0.15, -0.1) is 0 Å². The monoisotopic (exact) mass is 314 g/mol. The summed E-state index contributed by atoms with van der Waals surface area (Å²) in [5.74, 6) is -2.04. The summed E-state index contributed by atoms with van der Waals surface area (Å²) >= 11 is 0. The van der Waals surface area contributed by atoms with Gasteiger partial charge in [-0.05, 0) is 20.8 Å². The summed E-state index contributed by atoms with van der Waals surface area (Å²) in [7, 11) is 0. The van der Waals surface area contributed by atoms with E-state index in [9.17, 15) is 14.4 Å². The normalized spacial score (nSPS) is 8.00. The number of hydrogen-bond donors (Lipinski definition) is 2. The first-order valence-electron chi connectivity index (χ1n) is 6.04. The van der Waals surface area contributed by atoms with E-state index in [1.54, 1.807) is 20.8 Å². The van der Waals surface area contributed by atoms with Gasteiger partial charge in [0.1, 0.15) is 13.2 Å². The number of rotatable bonds is 7. The Morgan fingerprint density at radius 3 is 1.19 bits per heavy atom. The number of carbonyl (C=O) groups is 3. The van der Waals surface area contributed by atoms with Crippen molar-refractivity contribution >= 4 is 17.9 Å². The van der Waals surface area contributed by atoms with Crippen molar-refractivity contribution in [1.82, 2.24) is 0 Å². The Labute approximate surface area is 124 Å². The number of ether oxygens (including phenoxy) is 3. The van der Waals surface area contributed by atoms with Crippen molar-refractivity contribution in [3.63, 3.8) is 0 Å². The molecule has 0 heterocycles. The Morgan fingerprint density at radius 1 is 0.810 bits per heavy atom. The van der Waals surface area contributed by atoms with Gasteiger partial charge in [0, 0.05) is 20.1 Å². The van der Waals surface area contributed by atoms with Crippen molar-refractivity contribution < 1.29 is 44.3 Å². The Kier molecular flexibility index (Phi) is 30.7. The molecule has 0 fully saturated rings. The number of esters is 1. The summed E-state index contributed by atoms with van der Waals surface area (Å²) in [6, 6.07) is 0. The second kappa shape index (κ2) is 23.4. The highest BCUT2D eigenvalue weighted by Gasteiger charge is 1.91. The smallest absolute Gasteiger partial charge is 0.329 e. The Hall–Kier alpha value is -1.71. The van der Waals surface area contributed by atoms with Gasteiger partial charge in [-0.3, -0.25) is 4.79 Å². The standard InChI is InChI=1S/2C4H8O3.C4H8O2.H2O/c2*1-2-7-3-4(5)6;1-3-6-4(2)5;/h2*2-3H2,1H3,(H,5,6);3H2,1-2H3;1H2. The van der Waals surface area contributed by atoms with Gasteiger partial charge in [0.05, 0.1) is 6.61 Å². The second-order valence-electron chi connectivity index (χ2n) is 2.99. The maximum absolute atomic E-state index is 9.82. The fourth-order valence-corrected chi connectivity index (χ4v) is 0.582. The SMILES string of the molecule is CCOC(C)=O.CCOCC(=O)O.CCOCC(=O)O.O. The van der Waals surface area contributed by atoms with Gasteiger partial charge in [-0.2, -0.15) is 0 Å². The molecule has 0 aromatic carbocycles. The van der Waals surface area contributed by atoms with Crippen LogP contribution in [0.4, 0.5) is 0 Å². The molecule has 0 aliphatic carbocycles. The molecule has 0 aromatic heterocycles. The molecule has 0 unspecified atom stereocenters. The molecule has 0 amide bonds. The van der Waals surface area contributed by atoms with Crippen LogP contribution in [0.3, 0.4) is 0 Å². The van der Waals surface area contributed by atoms with Crippen molar-refractivity contribution in [3.8, 4) is 0 Å². The van der Waals surface area contributed by atoms with Crippen molar-refractivity contribution in [2.45, 2.75) is 27.7 Å². The fraction of sp³-hybridized carbons (Fsp3) is 0.750. The van der Waals surface area contributed by atoms with Crippen molar-refractivity contribution in [1.29, 1.82) is 0 Å². The van der Waals surface area contributed by atoms with E-state index >= 15 is 0 Å². The molecule has 0 rings (SSSR count). The number of carboxylic acid groups (broad SMARTS) is 2. The first-order chi connectivity index (χ1) is 9.31. The lowest BCUT2D eigenvalue weighted by molar-refractivity contribution is -0.142. The van der Waals surface area contributed by atoms with Gasteiger partial charge >= 0.3 is 17.9 Å². The predicted octanol–water partition coefficient (Wildman–Crippen LogP) is -0.0403. The van der Waals surface area contributed by atoms with Crippen LogP contribution in [-0.4, -0.2) is 66.6 Å².